The summed E-state index contributed by atoms with van der Waals surface area (Å²) in [5.74, 6) is -0.173. The fraction of sp³-hybridized carbons (Fsp3) is 0.135. The third-order valence-electron chi connectivity index (χ3n) is 8.39. The molecule has 41 heavy (non-hydrogen) atoms. The van der Waals surface area contributed by atoms with Crippen molar-refractivity contribution in [1.82, 2.24) is 0 Å². The van der Waals surface area contributed by atoms with Gasteiger partial charge in [-0.25, -0.2) is 4.39 Å². The molecule has 5 aromatic rings. The van der Waals surface area contributed by atoms with E-state index in [4.69, 9.17) is 14.4 Å². The minimum Gasteiger partial charge on any atom is -0.455 e. The number of allylic oxidation sites excluding steroid dienone is 2. The van der Waals surface area contributed by atoms with E-state index < -0.39 is 0 Å². The highest BCUT2D eigenvalue weighted by molar-refractivity contribution is 6.20. The molecule has 7 rings (SSSR count). The Kier molecular flexibility index (Phi) is 6.12. The summed E-state index contributed by atoms with van der Waals surface area (Å²) in [7, 11) is 0. The van der Waals surface area contributed by atoms with Crippen molar-refractivity contribution >= 4 is 33.4 Å². The van der Waals surface area contributed by atoms with Crippen LogP contribution in [0.2, 0.25) is 0 Å². The van der Waals surface area contributed by atoms with Gasteiger partial charge in [0.2, 0.25) is 0 Å². The number of aliphatic imine (C=N–C) groups is 2. The predicted molar refractivity (Wildman–Crippen MR) is 168 cm³/mol. The van der Waals surface area contributed by atoms with Gasteiger partial charge in [0.05, 0.1) is 17.5 Å². The van der Waals surface area contributed by atoms with Gasteiger partial charge in [0.25, 0.3) is 0 Å². The van der Waals surface area contributed by atoms with Crippen molar-refractivity contribution in [3.05, 3.63) is 145 Å². The molecule has 0 saturated carbocycles. The monoisotopic (exact) mass is 536 g/mol. The number of aryl methyl sites for hydroxylation is 1. The van der Waals surface area contributed by atoms with Gasteiger partial charge >= 0.3 is 0 Å². The Hall–Kier alpha value is -4.83. The molecule has 2 aliphatic rings. The summed E-state index contributed by atoms with van der Waals surface area (Å²) in [6.45, 7) is 12.4. The Morgan fingerprint density at radius 3 is 2.46 bits per heavy atom. The van der Waals surface area contributed by atoms with E-state index in [1.54, 1.807) is 24.3 Å². The van der Waals surface area contributed by atoms with Crippen LogP contribution in [0.4, 0.5) is 4.39 Å². The van der Waals surface area contributed by atoms with Crippen LogP contribution >= 0.6 is 0 Å². The SMILES string of the molecule is C=CC1=NC2CC(=C)N=C(C=C)c3c(ccc4c3oc3cc(-c5ccccc5)ccc34)CCC2c2ccc(F)cc21. The normalized spacial score (nSPS) is 18.6. The van der Waals surface area contributed by atoms with Crippen molar-refractivity contribution in [3.8, 4) is 11.1 Å². The molecule has 200 valence electrons. The Bertz CT molecular complexity index is 1940. The third-order valence-corrected chi connectivity index (χ3v) is 8.39. The van der Waals surface area contributed by atoms with E-state index in [9.17, 15) is 4.39 Å². The van der Waals surface area contributed by atoms with Crippen LogP contribution in [0, 0.1) is 5.82 Å². The Labute approximate surface area is 238 Å². The molecule has 1 aromatic heterocycles. The predicted octanol–water partition coefficient (Wildman–Crippen LogP) is 9.36. The first-order valence-electron chi connectivity index (χ1n) is 14.0. The summed E-state index contributed by atoms with van der Waals surface area (Å²) >= 11 is 0. The highest BCUT2D eigenvalue weighted by Gasteiger charge is 2.32. The standard InChI is InChI=1S/C37H29FN2O/c1-4-32-31-21-26(38)14-18-27(31)28-15-11-24-12-17-30-29-16-13-25(23-9-7-6-8-10-23)20-35(29)41-37(30)36(24)33(5-2)39-22(3)19-34(28)40-32/h4-10,12-14,16-18,20-21,28,34H,1-3,11,15,19H2. The summed E-state index contributed by atoms with van der Waals surface area (Å²) in [5, 5.41) is 2.11. The van der Waals surface area contributed by atoms with Crippen molar-refractivity contribution in [2.45, 2.75) is 31.2 Å². The molecule has 0 N–H and O–H groups in total. The van der Waals surface area contributed by atoms with Crippen LogP contribution in [0.5, 0.6) is 0 Å². The number of furan rings is 1. The number of hydrogen-bond acceptors (Lipinski definition) is 3. The summed E-state index contributed by atoms with van der Waals surface area (Å²) in [5.41, 5.74) is 10.1. The van der Waals surface area contributed by atoms with E-state index in [2.05, 4.69) is 62.2 Å². The van der Waals surface area contributed by atoms with Gasteiger partial charge in [0.1, 0.15) is 17.0 Å². The Morgan fingerprint density at radius 1 is 0.854 bits per heavy atom. The van der Waals surface area contributed by atoms with Crippen molar-refractivity contribution in [2.75, 3.05) is 0 Å². The first-order valence-corrected chi connectivity index (χ1v) is 14.0. The van der Waals surface area contributed by atoms with Crippen LogP contribution < -0.4 is 0 Å². The van der Waals surface area contributed by atoms with E-state index in [0.717, 1.165) is 85.3 Å². The molecular formula is C37H29FN2O. The lowest BCUT2D eigenvalue weighted by Gasteiger charge is -2.32. The number of benzene rings is 4. The second-order valence-corrected chi connectivity index (χ2v) is 10.8. The largest absolute Gasteiger partial charge is 0.455 e. The molecule has 2 unspecified atom stereocenters. The molecule has 2 atom stereocenters. The van der Waals surface area contributed by atoms with Gasteiger partial charge in [-0.1, -0.05) is 74.3 Å². The van der Waals surface area contributed by atoms with Crippen LogP contribution in [0.15, 0.2) is 131 Å². The van der Waals surface area contributed by atoms with Crippen molar-refractivity contribution in [3.63, 3.8) is 0 Å². The zero-order valence-corrected chi connectivity index (χ0v) is 22.7. The molecule has 3 heterocycles. The van der Waals surface area contributed by atoms with E-state index >= 15 is 0 Å². The second-order valence-electron chi connectivity index (χ2n) is 10.8. The van der Waals surface area contributed by atoms with E-state index in [1.165, 1.54) is 0 Å². The van der Waals surface area contributed by atoms with Crippen molar-refractivity contribution in [1.29, 1.82) is 0 Å². The number of rotatable bonds is 3. The highest BCUT2D eigenvalue weighted by atomic mass is 19.1. The lowest BCUT2D eigenvalue weighted by atomic mass is 9.78. The highest BCUT2D eigenvalue weighted by Crippen LogP contribution is 2.41. The Morgan fingerprint density at radius 2 is 1.66 bits per heavy atom. The van der Waals surface area contributed by atoms with E-state index in [1.807, 2.05) is 24.3 Å². The van der Waals surface area contributed by atoms with Crippen molar-refractivity contribution in [2.24, 2.45) is 9.98 Å². The fourth-order valence-electron chi connectivity index (χ4n) is 6.47. The number of nitrogens with zero attached hydrogens (tertiary/aromatic N) is 2. The lowest BCUT2D eigenvalue weighted by Crippen LogP contribution is -2.27. The van der Waals surface area contributed by atoms with Gasteiger partial charge in [-0.3, -0.25) is 9.98 Å². The minimum absolute atomic E-state index is 0.0591. The third kappa shape index (κ3) is 4.27. The molecule has 0 amide bonds. The topological polar surface area (TPSA) is 37.9 Å². The summed E-state index contributed by atoms with van der Waals surface area (Å²) in [6.07, 6.45) is 5.72. The molecule has 0 bridgehead atoms. The summed E-state index contributed by atoms with van der Waals surface area (Å²) < 4.78 is 20.9. The minimum atomic E-state index is -0.269. The molecule has 0 saturated heterocycles. The summed E-state index contributed by atoms with van der Waals surface area (Å²) in [6, 6.07) is 26.0. The smallest absolute Gasteiger partial charge is 0.145 e. The number of halogens is 1. The maximum absolute atomic E-state index is 14.3. The van der Waals surface area contributed by atoms with Gasteiger partial charge in [-0.05, 0) is 71.5 Å². The first kappa shape index (κ1) is 25.2. The molecule has 0 aliphatic carbocycles. The molecule has 4 aromatic carbocycles. The van der Waals surface area contributed by atoms with Crippen LogP contribution in [-0.2, 0) is 6.42 Å². The van der Waals surface area contributed by atoms with Crippen LogP contribution in [-0.4, -0.2) is 17.5 Å². The summed E-state index contributed by atoms with van der Waals surface area (Å²) in [4.78, 5) is 9.99. The Balaban J connectivity index is 1.38. The molecule has 2 aliphatic heterocycles. The maximum atomic E-state index is 14.3. The van der Waals surface area contributed by atoms with Gasteiger partial charge in [-0.15, -0.1) is 0 Å². The van der Waals surface area contributed by atoms with Gasteiger partial charge < -0.3 is 4.42 Å². The van der Waals surface area contributed by atoms with Crippen LogP contribution in [0.3, 0.4) is 0 Å². The zero-order valence-electron chi connectivity index (χ0n) is 22.7. The van der Waals surface area contributed by atoms with Crippen molar-refractivity contribution < 1.29 is 8.81 Å². The number of fused-ring (bicyclic) bond motifs is 8. The van der Waals surface area contributed by atoms with E-state index in [-0.39, 0.29) is 17.8 Å². The van der Waals surface area contributed by atoms with Gasteiger partial charge in [0, 0.05) is 39.9 Å². The molecule has 0 spiro atoms. The number of hydrogen-bond donors (Lipinski definition) is 0. The zero-order chi connectivity index (χ0) is 28.1. The lowest BCUT2D eigenvalue weighted by molar-refractivity contribution is 0.488. The van der Waals surface area contributed by atoms with Gasteiger partial charge in [0.15, 0.2) is 0 Å². The second kappa shape index (κ2) is 9.97. The molecule has 0 radical (unpaired) electrons. The van der Waals surface area contributed by atoms with Crippen LogP contribution in [0.25, 0.3) is 33.1 Å². The quantitative estimate of drug-likeness (QED) is 0.226. The average molecular weight is 537 g/mol. The fourth-order valence-corrected chi connectivity index (χ4v) is 6.47. The maximum Gasteiger partial charge on any atom is 0.145 e. The first-order chi connectivity index (χ1) is 20.0. The van der Waals surface area contributed by atoms with Crippen LogP contribution in [0.1, 0.15) is 41.0 Å². The van der Waals surface area contributed by atoms with E-state index in [0.29, 0.717) is 6.42 Å². The molecule has 0 fully saturated rings. The molecule has 4 heteroatoms. The average Bonchev–Trinajstić information content (AvgIpc) is 3.37. The van der Waals surface area contributed by atoms with Gasteiger partial charge in [-0.2, -0.15) is 0 Å². The molecule has 3 nitrogen and oxygen atoms in total. The molecular weight excluding hydrogens is 507 g/mol.